The Morgan fingerprint density at radius 1 is 1.55 bits per heavy atom. The van der Waals surface area contributed by atoms with E-state index in [-0.39, 0.29) is 21.2 Å². The minimum atomic E-state index is -3.93. The number of amides is 1. The van der Waals surface area contributed by atoms with E-state index in [1.807, 2.05) is 0 Å². The van der Waals surface area contributed by atoms with Gasteiger partial charge in [-0.05, 0) is 34.2 Å². The summed E-state index contributed by atoms with van der Waals surface area (Å²) in [6, 6.07) is 1.16. The van der Waals surface area contributed by atoms with E-state index < -0.39 is 9.05 Å². The van der Waals surface area contributed by atoms with Crippen molar-refractivity contribution < 1.29 is 17.6 Å². The molecule has 1 amide bonds. The summed E-state index contributed by atoms with van der Waals surface area (Å²) in [5, 5.41) is 0. The van der Waals surface area contributed by atoms with Crippen LogP contribution in [-0.4, -0.2) is 32.3 Å². The summed E-state index contributed by atoms with van der Waals surface area (Å²) in [7, 11) is 1.33. The van der Waals surface area contributed by atoms with E-state index in [9.17, 15) is 13.2 Å². The first-order valence-electron chi connectivity index (χ1n) is 6.23. The summed E-state index contributed by atoms with van der Waals surface area (Å²) in [6.07, 6.45) is 0.950. The van der Waals surface area contributed by atoms with Gasteiger partial charge in [0, 0.05) is 29.8 Å². The van der Waals surface area contributed by atoms with Gasteiger partial charge in [0.05, 0.1) is 0 Å². The Kier molecular flexibility index (Phi) is 4.51. The third-order valence-corrected chi connectivity index (χ3v) is 5.76. The molecule has 1 aromatic heterocycles. The van der Waals surface area contributed by atoms with Crippen LogP contribution in [0.25, 0.3) is 0 Å². The summed E-state index contributed by atoms with van der Waals surface area (Å²) in [5.41, 5.74) is 0. The van der Waals surface area contributed by atoms with Gasteiger partial charge in [0.15, 0.2) is 10.4 Å². The molecule has 1 saturated heterocycles. The van der Waals surface area contributed by atoms with Gasteiger partial charge in [-0.3, -0.25) is 4.79 Å². The van der Waals surface area contributed by atoms with Crippen LogP contribution in [0.1, 0.15) is 30.8 Å². The lowest BCUT2D eigenvalue weighted by atomic mass is 9.95. The minimum absolute atomic E-state index is 0.0134. The number of carbonyl (C=O) groups excluding carboxylic acids is 1. The lowest BCUT2D eigenvalue weighted by Crippen LogP contribution is -2.29. The van der Waals surface area contributed by atoms with Crippen LogP contribution >= 0.6 is 26.6 Å². The lowest BCUT2D eigenvalue weighted by Gasteiger charge is -2.16. The molecular weight excluding hydrogens is 370 g/mol. The molecule has 1 aliphatic heterocycles. The Morgan fingerprint density at radius 2 is 2.20 bits per heavy atom. The van der Waals surface area contributed by atoms with Gasteiger partial charge in [-0.25, -0.2) is 8.42 Å². The second-order valence-corrected chi connectivity index (χ2v) is 8.48. The molecule has 0 aromatic carbocycles. The predicted octanol–water partition coefficient (Wildman–Crippen LogP) is 3.09. The van der Waals surface area contributed by atoms with Crippen molar-refractivity contribution in [2.45, 2.75) is 25.2 Å². The summed E-state index contributed by atoms with van der Waals surface area (Å²) < 4.78 is 27.7. The van der Waals surface area contributed by atoms with Crippen LogP contribution in [0.5, 0.6) is 0 Å². The van der Waals surface area contributed by atoms with Crippen molar-refractivity contribution in [3.05, 3.63) is 16.5 Å². The van der Waals surface area contributed by atoms with E-state index in [0.717, 1.165) is 12.5 Å². The van der Waals surface area contributed by atoms with Crippen LogP contribution < -0.4 is 0 Å². The van der Waals surface area contributed by atoms with Gasteiger partial charge in [0.25, 0.3) is 15.0 Å². The van der Waals surface area contributed by atoms with Gasteiger partial charge in [-0.15, -0.1) is 0 Å². The molecule has 0 aliphatic carbocycles. The molecule has 0 saturated carbocycles. The zero-order chi connectivity index (χ0) is 15.1. The molecule has 1 aliphatic rings. The molecule has 5 nitrogen and oxygen atoms in total. The van der Waals surface area contributed by atoms with Crippen LogP contribution in [0.3, 0.4) is 0 Å². The molecule has 0 bridgehead atoms. The molecule has 1 unspecified atom stereocenters. The number of likely N-dealkylation sites (tertiary alicyclic amines) is 1. The number of hydrogen-bond acceptors (Lipinski definition) is 4. The Balaban J connectivity index is 2.19. The van der Waals surface area contributed by atoms with E-state index >= 15 is 0 Å². The van der Waals surface area contributed by atoms with Gasteiger partial charge in [-0.1, -0.05) is 13.8 Å². The summed E-state index contributed by atoms with van der Waals surface area (Å²) in [5.74, 6) is 0.657. The second kappa shape index (κ2) is 5.69. The van der Waals surface area contributed by atoms with Gasteiger partial charge >= 0.3 is 0 Å². The third-order valence-electron chi connectivity index (χ3n) is 3.58. The van der Waals surface area contributed by atoms with Crippen LogP contribution in [-0.2, 0) is 9.05 Å². The maximum atomic E-state index is 12.3. The minimum Gasteiger partial charge on any atom is -0.443 e. The average Bonchev–Trinajstić information content (AvgIpc) is 2.93. The molecule has 1 aromatic rings. The Hall–Kier alpha value is -0.530. The first-order valence-corrected chi connectivity index (χ1v) is 9.33. The fraction of sp³-hybridized carbons (Fsp3) is 0.583. The van der Waals surface area contributed by atoms with Crippen LogP contribution in [0, 0.1) is 11.8 Å². The largest absolute Gasteiger partial charge is 0.443 e. The highest BCUT2D eigenvalue weighted by Crippen LogP contribution is 2.31. The monoisotopic (exact) mass is 383 g/mol. The van der Waals surface area contributed by atoms with Crippen molar-refractivity contribution in [2.75, 3.05) is 13.1 Å². The van der Waals surface area contributed by atoms with E-state index in [1.54, 1.807) is 4.90 Å². The van der Waals surface area contributed by atoms with Crippen molar-refractivity contribution in [2.24, 2.45) is 11.8 Å². The first-order chi connectivity index (χ1) is 9.20. The lowest BCUT2D eigenvalue weighted by molar-refractivity contribution is 0.0751. The van der Waals surface area contributed by atoms with Gasteiger partial charge in [0.1, 0.15) is 4.90 Å². The maximum Gasteiger partial charge on any atom is 0.289 e. The van der Waals surface area contributed by atoms with Crippen molar-refractivity contribution >= 4 is 41.6 Å². The van der Waals surface area contributed by atoms with Gasteiger partial charge < -0.3 is 9.32 Å². The normalized spacial score (nSPS) is 19.9. The number of furan rings is 1. The second-order valence-electron chi connectivity index (χ2n) is 5.23. The fourth-order valence-electron chi connectivity index (χ4n) is 2.30. The number of hydrogen-bond donors (Lipinski definition) is 0. The van der Waals surface area contributed by atoms with E-state index in [4.69, 9.17) is 15.1 Å². The number of rotatable bonds is 3. The number of halogens is 2. The smallest absolute Gasteiger partial charge is 0.289 e. The Labute approximate surface area is 130 Å². The topological polar surface area (TPSA) is 67.6 Å². The van der Waals surface area contributed by atoms with Gasteiger partial charge in [0.2, 0.25) is 0 Å². The fourth-order valence-corrected chi connectivity index (χ4v) is 4.33. The molecule has 0 radical (unpaired) electrons. The summed E-state index contributed by atoms with van der Waals surface area (Å²) in [6.45, 7) is 5.57. The summed E-state index contributed by atoms with van der Waals surface area (Å²) in [4.78, 5) is 13.7. The van der Waals surface area contributed by atoms with Crippen molar-refractivity contribution in [1.29, 1.82) is 0 Å². The molecule has 2 rings (SSSR count). The standard InChI is InChI=1S/C12H15BrClNO4S/c1-7(2)8-3-4-15(6-8)12(16)9-5-10(11(13)19-9)20(14,17)18/h5,7-8H,3-4,6H2,1-2H3. The molecule has 112 valence electrons. The van der Waals surface area contributed by atoms with E-state index in [1.165, 1.54) is 0 Å². The van der Waals surface area contributed by atoms with E-state index in [0.29, 0.717) is 24.9 Å². The number of nitrogens with zero attached hydrogens (tertiary/aromatic N) is 1. The summed E-state index contributed by atoms with van der Waals surface area (Å²) >= 11 is 2.96. The molecule has 8 heteroatoms. The van der Waals surface area contributed by atoms with Crippen LogP contribution in [0.15, 0.2) is 20.0 Å². The highest BCUT2D eigenvalue weighted by molar-refractivity contribution is 9.10. The highest BCUT2D eigenvalue weighted by Gasteiger charge is 2.31. The SMILES string of the molecule is CC(C)C1CCN(C(=O)c2cc(S(=O)(=O)Cl)c(Br)o2)C1. The molecule has 0 N–H and O–H groups in total. The van der Waals surface area contributed by atoms with Crippen LogP contribution in [0.2, 0.25) is 0 Å². The highest BCUT2D eigenvalue weighted by atomic mass is 79.9. The molecule has 0 spiro atoms. The Morgan fingerprint density at radius 3 is 2.65 bits per heavy atom. The average molecular weight is 385 g/mol. The van der Waals surface area contributed by atoms with E-state index in [2.05, 4.69) is 29.8 Å². The molecule has 1 atom stereocenters. The van der Waals surface area contributed by atoms with Crippen molar-refractivity contribution in [3.63, 3.8) is 0 Å². The zero-order valence-corrected chi connectivity index (χ0v) is 14.3. The third kappa shape index (κ3) is 3.20. The molecular formula is C12H15BrClNO4S. The molecule has 20 heavy (non-hydrogen) atoms. The van der Waals surface area contributed by atoms with Crippen molar-refractivity contribution in [3.8, 4) is 0 Å². The van der Waals surface area contributed by atoms with Crippen molar-refractivity contribution in [1.82, 2.24) is 4.90 Å². The first kappa shape index (κ1) is 15.9. The van der Waals surface area contributed by atoms with Gasteiger partial charge in [-0.2, -0.15) is 0 Å². The molecule has 2 heterocycles. The zero-order valence-electron chi connectivity index (χ0n) is 11.1. The maximum absolute atomic E-state index is 12.3. The predicted molar refractivity (Wildman–Crippen MR) is 78.3 cm³/mol. The molecule has 1 fully saturated rings. The quantitative estimate of drug-likeness (QED) is 0.751. The Bertz CT molecular complexity index is 625. The number of carbonyl (C=O) groups is 1. The van der Waals surface area contributed by atoms with Crippen LogP contribution in [0.4, 0.5) is 0 Å².